The summed E-state index contributed by atoms with van der Waals surface area (Å²) in [6.07, 6.45) is 2.26. The molecule has 142 valence electrons. The van der Waals surface area contributed by atoms with Gasteiger partial charge in [-0.15, -0.1) is 0 Å². The van der Waals surface area contributed by atoms with Crippen molar-refractivity contribution in [2.45, 2.75) is 38.0 Å². The van der Waals surface area contributed by atoms with Crippen molar-refractivity contribution >= 4 is 11.8 Å². The van der Waals surface area contributed by atoms with Crippen molar-refractivity contribution in [1.29, 1.82) is 0 Å². The minimum absolute atomic E-state index is 0.0290. The molecule has 8 nitrogen and oxygen atoms in total. The number of nitrogens with two attached hydrogens (primary N) is 1. The lowest BCUT2D eigenvalue weighted by molar-refractivity contribution is -0.134. The van der Waals surface area contributed by atoms with Crippen LogP contribution in [-0.4, -0.2) is 55.2 Å². The Morgan fingerprint density at radius 1 is 1.42 bits per heavy atom. The van der Waals surface area contributed by atoms with Crippen LogP contribution in [0.15, 0.2) is 24.3 Å². The quantitative estimate of drug-likeness (QED) is 0.356. The molecule has 0 bridgehead atoms. The lowest BCUT2D eigenvalue weighted by atomic mass is 10.1. The predicted molar refractivity (Wildman–Crippen MR) is 95.1 cm³/mol. The smallest absolute Gasteiger partial charge is 0.237 e. The van der Waals surface area contributed by atoms with E-state index in [1.54, 1.807) is 0 Å². The maximum absolute atomic E-state index is 12.2. The molecule has 1 aromatic carbocycles. The lowest BCUT2D eigenvalue weighted by Gasteiger charge is -2.34. The van der Waals surface area contributed by atoms with Crippen LogP contribution >= 0.6 is 0 Å². The Morgan fingerprint density at radius 2 is 2.27 bits per heavy atom. The highest BCUT2D eigenvalue weighted by atomic mass is 16.5. The van der Waals surface area contributed by atoms with Crippen LogP contribution in [0.4, 0.5) is 0 Å². The maximum atomic E-state index is 12.2. The van der Waals surface area contributed by atoms with Crippen molar-refractivity contribution in [1.82, 2.24) is 15.6 Å². The molecule has 2 fully saturated rings. The number of para-hydroxylation sites is 1. The first-order valence-corrected chi connectivity index (χ1v) is 9.01. The molecule has 2 amide bonds. The Bertz CT molecular complexity index is 633. The van der Waals surface area contributed by atoms with Gasteiger partial charge >= 0.3 is 0 Å². The van der Waals surface area contributed by atoms with Crippen molar-refractivity contribution in [3.63, 3.8) is 0 Å². The van der Waals surface area contributed by atoms with E-state index >= 15 is 0 Å². The van der Waals surface area contributed by atoms with E-state index in [1.807, 2.05) is 29.2 Å². The number of hydrogen-bond acceptors (Lipinski definition) is 6. The molecule has 4 N–H and O–H groups in total. The molecular weight excluding hydrogens is 336 g/mol. The molecule has 2 saturated heterocycles. The zero-order chi connectivity index (χ0) is 18.4. The largest absolute Gasteiger partial charge is 0.491 e. The number of amides is 2. The molecule has 0 aromatic heterocycles. The highest BCUT2D eigenvalue weighted by Gasteiger charge is 2.32. The Hall–Kier alpha value is -2.16. The standard InChI is InChI=1S/C18H26N4O4/c19-21-17(23)10-15-18(24)20-7-8-22(15)11-13-4-1-2-6-16(13)26-12-14-5-3-9-25-14/h1-2,4,6,14-15H,3,5,7-12,19H2,(H,20,24)(H,21,23). The molecule has 8 heteroatoms. The maximum Gasteiger partial charge on any atom is 0.237 e. The Balaban J connectivity index is 1.67. The van der Waals surface area contributed by atoms with Crippen LogP contribution < -0.4 is 21.3 Å². The number of benzene rings is 1. The third kappa shape index (κ3) is 4.72. The monoisotopic (exact) mass is 362 g/mol. The second kappa shape index (κ2) is 8.98. The highest BCUT2D eigenvalue weighted by molar-refractivity contribution is 5.88. The zero-order valence-electron chi connectivity index (χ0n) is 14.8. The van der Waals surface area contributed by atoms with E-state index in [1.165, 1.54) is 0 Å². The van der Waals surface area contributed by atoms with Crippen LogP contribution in [0.1, 0.15) is 24.8 Å². The number of nitrogens with one attached hydrogen (secondary N) is 2. The van der Waals surface area contributed by atoms with Crippen molar-refractivity contribution in [2.24, 2.45) is 5.84 Å². The van der Waals surface area contributed by atoms with Gasteiger partial charge in [0.2, 0.25) is 11.8 Å². The third-order valence-corrected chi connectivity index (χ3v) is 4.78. The molecule has 2 unspecified atom stereocenters. The van der Waals surface area contributed by atoms with E-state index in [-0.39, 0.29) is 24.3 Å². The summed E-state index contributed by atoms with van der Waals surface area (Å²) < 4.78 is 11.6. The molecule has 2 aliphatic rings. The van der Waals surface area contributed by atoms with Gasteiger partial charge in [0, 0.05) is 31.8 Å². The first kappa shape index (κ1) is 18.6. The Morgan fingerprint density at radius 3 is 3.04 bits per heavy atom. The SMILES string of the molecule is NNC(=O)CC1C(=O)NCCN1Cc1ccccc1OCC1CCCO1. The van der Waals surface area contributed by atoms with Crippen LogP contribution in [0.2, 0.25) is 0 Å². The van der Waals surface area contributed by atoms with Gasteiger partial charge in [-0.25, -0.2) is 5.84 Å². The van der Waals surface area contributed by atoms with Crippen LogP contribution in [0, 0.1) is 0 Å². The summed E-state index contributed by atoms with van der Waals surface area (Å²) in [7, 11) is 0. The van der Waals surface area contributed by atoms with Crippen LogP contribution in [-0.2, 0) is 20.9 Å². The molecule has 26 heavy (non-hydrogen) atoms. The molecule has 0 radical (unpaired) electrons. The third-order valence-electron chi connectivity index (χ3n) is 4.78. The van der Waals surface area contributed by atoms with Gasteiger partial charge in [-0.05, 0) is 18.9 Å². The Kier molecular flexibility index (Phi) is 6.43. The number of piperazine rings is 1. The molecule has 1 aromatic rings. The number of hydrogen-bond donors (Lipinski definition) is 3. The fourth-order valence-corrected chi connectivity index (χ4v) is 3.36. The number of ether oxygens (including phenoxy) is 2. The number of carbonyl (C=O) groups excluding carboxylic acids is 2. The second-order valence-corrected chi connectivity index (χ2v) is 6.60. The normalized spacial score (nSPS) is 23.5. The minimum Gasteiger partial charge on any atom is -0.491 e. The van der Waals surface area contributed by atoms with Crippen LogP contribution in [0.3, 0.4) is 0 Å². The van der Waals surface area contributed by atoms with Crippen molar-refractivity contribution < 1.29 is 19.1 Å². The van der Waals surface area contributed by atoms with Crippen molar-refractivity contribution in [3.8, 4) is 5.75 Å². The van der Waals surface area contributed by atoms with Crippen LogP contribution in [0.25, 0.3) is 0 Å². The van der Waals surface area contributed by atoms with Gasteiger partial charge in [-0.1, -0.05) is 18.2 Å². The number of nitrogens with zero attached hydrogens (tertiary/aromatic N) is 1. The van der Waals surface area contributed by atoms with Gasteiger partial charge in [-0.2, -0.15) is 0 Å². The van der Waals surface area contributed by atoms with Gasteiger partial charge in [0.1, 0.15) is 12.4 Å². The molecule has 3 rings (SSSR count). The van der Waals surface area contributed by atoms with Crippen LogP contribution in [0.5, 0.6) is 5.75 Å². The van der Waals surface area contributed by atoms with Gasteiger partial charge in [0.05, 0.1) is 18.6 Å². The summed E-state index contributed by atoms with van der Waals surface area (Å²) in [6.45, 7) is 3.06. The van der Waals surface area contributed by atoms with E-state index in [9.17, 15) is 9.59 Å². The molecule has 0 saturated carbocycles. The second-order valence-electron chi connectivity index (χ2n) is 6.60. The average molecular weight is 362 g/mol. The number of carbonyl (C=O) groups is 2. The molecule has 0 aliphatic carbocycles. The summed E-state index contributed by atoms with van der Waals surface area (Å²) in [5.74, 6) is 5.45. The summed E-state index contributed by atoms with van der Waals surface area (Å²) in [4.78, 5) is 25.9. The van der Waals surface area contributed by atoms with E-state index in [2.05, 4.69) is 10.7 Å². The first-order chi connectivity index (χ1) is 12.7. The van der Waals surface area contributed by atoms with E-state index in [0.29, 0.717) is 26.2 Å². The fraction of sp³-hybridized carbons (Fsp3) is 0.556. The molecule has 0 spiro atoms. The predicted octanol–water partition coefficient (Wildman–Crippen LogP) is -0.0752. The van der Waals surface area contributed by atoms with Gasteiger partial charge < -0.3 is 14.8 Å². The van der Waals surface area contributed by atoms with E-state index in [4.69, 9.17) is 15.3 Å². The van der Waals surface area contributed by atoms with E-state index in [0.717, 1.165) is 30.8 Å². The fourth-order valence-electron chi connectivity index (χ4n) is 3.36. The lowest BCUT2D eigenvalue weighted by Crippen LogP contribution is -2.56. The summed E-state index contributed by atoms with van der Waals surface area (Å²) >= 11 is 0. The Labute approximate surface area is 153 Å². The van der Waals surface area contributed by atoms with Gasteiger partial charge in [0.25, 0.3) is 0 Å². The summed E-state index contributed by atoms with van der Waals surface area (Å²) in [5.41, 5.74) is 3.08. The zero-order valence-corrected chi connectivity index (χ0v) is 14.8. The molecule has 2 heterocycles. The molecular formula is C18H26N4O4. The number of rotatable bonds is 7. The number of hydrazine groups is 1. The summed E-state index contributed by atoms with van der Waals surface area (Å²) in [5, 5.41) is 2.80. The van der Waals surface area contributed by atoms with Gasteiger partial charge in [0.15, 0.2) is 0 Å². The molecule has 2 aliphatic heterocycles. The van der Waals surface area contributed by atoms with Crippen molar-refractivity contribution in [3.05, 3.63) is 29.8 Å². The topological polar surface area (TPSA) is 106 Å². The first-order valence-electron chi connectivity index (χ1n) is 9.01. The highest BCUT2D eigenvalue weighted by Crippen LogP contribution is 2.23. The summed E-state index contributed by atoms with van der Waals surface area (Å²) in [6, 6.07) is 7.24. The van der Waals surface area contributed by atoms with Gasteiger partial charge in [-0.3, -0.25) is 19.9 Å². The average Bonchev–Trinajstić information content (AvgIpc) is 3.17. The van der Waals surface area contributed by atoms with Crippen molar-refractivity contribution in [2.75, 3.05) is 26.3 Å². The molecule has 2 atom stereocenters. The minimum atomic E-state index is -0.543. The van der Waals surface area contributed by atoms with E-state index < -0.39 is 6.04 Å².